The number of rotatable bonds is 14. The summed E-state index contributed by atoms with van der Waals surface area (Å²) in [4.78, 5) is 47.1. The van der Waals surface area contributed by atoms with E-state index in [1.807, 2.05) is 29.9 Å². The second-order valence-corrected chi connectivity index (χ2v) is 14.1. The van der Waals surface area contributed by atoms with E-state index in [2.05, 4.69) is 30.4 Å². The molecule has 0 radical (unpaired) electrons. The van der Waals surface area contributed by atoms with Crippen molar-refractivity contribution in [2.24, 2.45) is 18.1 Å². The van der Waals surface area contributed by atoms with Crippen LogP contribution in [0.15, 0.2) is 35.6 Å². The zero-order valence-corrected chi connectivity index (χ0v) is 28.0. The minimum absolute atomic E-state index is 0.0582. The van der Waals surface area contributed by atoms with E-state index >= 15 is 0 Å². The fourth-order valence-electron chi connectivity index (χ4n) is 4.90. The molecule has 0 aliphatic carbocycles. The molecule has 2 saturated heterocycles. The molecule has 2 fully saturated rings. The summed E-state index contributed by atoms with van der Waals surface area (Å²) in [6.45, 7) is 4.83. The van der Waals surface area contributed by atoms with E-state index in [0.717, 1.165) is 47.6 Å². The van der Waals surface area contributed by atoms with Crippen LogP contribution in [0.3, 0.4) is 0 Å². The van der Waals surface area contributed by atoms with Crippen molar-refractivity contribution in [2.75, 3.05) is 37.3 Å². The number of nitrogen functional groups attached to an aromatic ring is 1. The SMILES string of the molecule is C[n+]1ccc2cc(OC[C@H](O/N=C(\C(=O)N[C@@H]3C(=O)N(OS(=O)(=O)[O-])C3(C)C)c3nc(N)sc3Cl)C(=O)O)ccc2c1NCC1CNC1. The summed E-state index contributed by atoms with van der Waals surface area (Å²) in [6, 6.07) is 5.76. The van der Waals surface area contributed by atoms with Crippen molar-refractivity contribution in [1.29, 1.82) is 0 Å². The zero-order chi connectivity index (χ0) is 35.0. The van der Waals surface area contributed by atoms with Gasteiger partial charge >= 0.3 is 5.97 Å². The molecule has 6 N–H and O–H groups in total. The Morgan fingerprint density at radius 3 is 2.67 bits per heavy atom. The van der Waals surface area contributed by atoms with Gasteiger partial charge in [-0.2, -0.15) is 9.35 Å². The van der Waals surface area contributed by atoms with Gasteiger partial charge in [0.15, 0.2) is 10.8 Å². The van der Waals surface area contributed by atoms with Crippen molar-refractivity contribution in [3.63, 3.8) is 0 Å². The number of halogens is 1. The van der Waals surface area contributed by atoms with Crippen molar-refractivity contribution >= 4 is 78.6 Å². The fourth-order valence-corrected chi connectivity index (χ4v) is 6.28. The van der Waals surface area contributed by atoms with E-state index in [0.29, 0.717) is 16.7 Å². The highest BCUT2D eigenvalue weighted by atomic mass is 35.5. The lowest BCUT2D eigenvalue weighted by Gasteiger charge is -2.51. The first-order valence-electron chi connectivity index (χ1n) is 14.2. The number of aryl methyl sites for hydroxylation is 1. The van der Waals surface area contributed by atoms with E-state index in [4.69, 9.17) is 26.9 Å². The minimum Gasteiger partial charge on any atom is -0.724 e. The van der Waals surface area contributed by atoms with Crippen LogP contribution >= 0.6 is 22.9 Å². The number of hydrogen-bond donors (Lipinski definition) is 5. The van der Waals surface area contributed by atoms with Crippen LogP contribution in [0.4, 0.5) is 10.9 Å². The highest BCUT2D eigenvalue weighted by molar-refractivity contribution is 7.80. The van der Waals surface area contributed by atoms with Crippen molar-refractivity contribution in [3.8, 4) is 5.75 Å². The topological polar surface area (TPSA) is 251 Å². The molecule has 5 rings (SSSR count). The van der Waals surface area contributed by atoms with Crippen LogP contribution in [0.25, 0.3) is 10.8 Å². The molecule has 48 heavy (non-hydrogen) atoms. The number of fused-ring (bicyclic) bond motifs is 1. The third-order valence-corrected chi connectivity index (χ3v) is 9.06. The number of aliphatic carboxylic acids is 1. The van der Waals surface area contributed by atoms with E-state index < -0.39 is 58.2 Å². The molecule has 0 bridgehead atoms. The van der Waals surface area contributed by atoms with Crippen molar-refractivity contribution < 1.29 is 50.9 Å². The number of hydroxylamine groups is 2. The number of β-lactam (4-membered cyclic amide) rings is 1. The maximum Gasteiger partial charge on any atom is 0.351 e. The van der Waals surface area contributed by atoms with Gasteiger partial charge in [0.2, 0.25) is 10.4 Å². The Labute approximate surface area is 282 Å². The van der Waals surface area contributed by atoms with Gasteiger partial charge in [-0.05, 0) is 43.5 Å². The molecule has 0 unspecified atom stereocenters. The van der Waals surface area contributed by atoms with Crippen LogP contribution in [0.5, 0.6) is 5.75 Å². The third-order valence-electron chi connectivity index (χ3n) is 7.64. The number of carbonyl (C=O) groups is 3. The maximum absolute atomic E-state index is 13.3. The number of oxime groups is 1. The van der Waals surface area contributed by atoms with E-state index in [1.54, 1.807) is 12.1 Å². The van der Waals surface area contributed by atoms with Gasteiger partial charge in [0.05, 0.1) is 30.7 Å². The van der Waals surface area contributed by atoms with Crippen molar-refractivity contribution in [1.82, 2.24) is 20.7 Å². The molecule has 21 heteroatoms. The Morgan fingerprint density at radius 1 is 1.35 bits per heavy atom. The Morgan fingerprint density at radius 2 is 2.08 bits per heavy atom. The zero-order valence-electron chi connectivity index (χ0n) is 25.6. The fraction of sp³-hybridized carbons (Fsp3) is 0.407. The number of pyridine rings is 1. The predicted molar refractivity (Wildman–Crippen MR) is 170 cm³/mol. The van der Waals surface area contributed by atoms with Crippen LogP contribution in [0.2, 0.25) is 4.34 Å². The van der Waals surface area contributed by atoms with Gasteiger partial charge in [-0.1, -0.05) is 28.1 Å². The number of benzene rings is 1. The number of anilines is 2. The van der Waals surface area contributed by atoms with Gasteiger partial charge in [-0.25, -0.2) is 22.8 Å². The first-order valence-corrected chi connectivity index (χ1v) is 16.8. The van der Waals surface area contributed by atoms with Crippen molar-refractivity contribution in [2.45, 2.75) is 31.5 Å². The summed E-state index contributed by atoms with van der Waals surface area (Å²) < 4.78 is 44.9. The number of carboxylic acids is 1. The molecule has 4 heterocycles. The summed E-state index contributed by atoms with van der Waals surface area (Å²) in [5, 5.41) is 24.6. The van der Waals surface area contributed by atoms with Gasteiger partial charge < -0.3 is 35.6 Å². The monoisotopic (exact) mass is 726 g/mol. The van der Waals surface area contributed by atoms with E-state index in [9.17, 15) is 32.5 Å². The highest BCUT2D eigenvalue weighted by Crippen LogP contribution is 2.33. The number of carbonyl (C=O) groups excluding carboxylic acids is 2. The molecular formula is C27H31ClN8O10S2. The van der Waals surface area contributed by atoms with Crippen molar-refractivity contribution in [3.05, 3.63) is 40.5 Å². The summed E-state index contributed by atoms with van der Waals surface area (Å²) in [5.74, 6) is -1.84. The third kappa shape index (κ3) is 7.53. The molecular weight excluding hydrogens is 696 g/mol. The minimum atomic E-state index is -5.29. The Kier molecular flexibility index (Phi) is 9.94. The number of ether oxygens (including phenoxy) is 1. The smallest absolute Gasteiger partial charge is 0.351 e. The lowest BCUT2D eigenvalue weighted by Crippen LogP contribution is -2.76. The van der Waals surface area contributed by atoms with Crippen LogP contribution in [-0.2, 0) is 41.0 Å². The molecule has 2 aliphatic rings. The molecule has 2 aliphatic heterocycles. The summed E-state index contributed by atoms with van der Waals surface area (Å²) in [5.41, 5.74) is 3.30. The predicted octanol–water partition coefficient (Wildman–Crippen LogP) is -0.262. The van der Waals surface area contributed by atoms with Gasteiger partial charge in [0.25, 0.3) is 23.7 Å². The first-order chi connectivity index (χ1) is 22.5. The van der Waals surface area contributed by atoms with Gasteiger partial charge in [0, 0.05) is 19.0 Å². The van der Waals surface area contributed by atoms with Crippen LogP contribution < -0.4 is 31.0 Å². The lowest BCUT2D eigenvalue weighted by molar-refractivity contribution is -0.656. The molecule has 1 aromatic carbocycles. The number of nitrogens with zero attached hydrogens (tertiary/aromatic N) is 4. The Bertz CT molecular complexity index is 1900. The number of aromatic nitrogens is 2. The number of carboxylic acid groups (broad SMARTS) is 1. The summed E-state index contributed by atoms with van der Waals surface area (Å²) in [6.07, 6.45) is 0.163. The molecule has 3 aromatic rings. The summed E-state index contributed by atoms with van der Waals surface area (Å²) >= 11 is 6.98. The Hall–Kier alpha value is -4.34. The average Bonchev–Trinajstić information content (AvgIpc) is 3.32. The van der Waals surface area contributed by atoms with Crippen LogP contribution in [0, 0.1) is 5.92 Å². The Balaban J connectivity index is 1.31. The quantitative estimate of drug-likeness (QED) is 0.0359. The lowest BCUT2D eigenvalue weighted by atomic mass is 9.84. The van der Waals surface area contributed by atoms with Gasteiger partial charge in [0.1, 0.15) is 28.4 Å². The number of nitrogens with two attached hydrogens (primary N) is 1. The standard InChI is InChI=1S/C27H31ClN8O10S2/c1-27(2)20(24(38)36(27)46-48(41,42)43)33-23(37)19(18-21(28)47-26(29)32-18)34-45-17(25(39)40)12-44-15-4-5-16-14(8-15)6-7-35(3)22(16)31-11-13-9-30-10-13/h4-8,13,17,20,30H,9-12H2,1-3H3,(H5,29,32,33,37,39,40,41,42,43)/b34-19-/t17-,20+/m0/s1. The number of amides is 2. The van der Waals surface area contributed by atoms with Gasteiger partial charge in [-0.15, -0.1) is 0 Å². The van der Waals surface area contributed by atoms with E-state index in [-0.39, 0.29) is 15.2 Å². The van der Waals surface area contributed by atoms with Crippen LogP contribution in [0.1, 0.15) is 19.5 Å². The highest BCUT2D eigenvalue weighted by Gasteiger charge is 2.57. The van der Waals surface area contributed by atoms with Gasteiger partial charge in [-0.3, -0.25) is 14.9 Å². The average molecular weight is 727 g/mol. The maximum atomic E-state index is 13.3. The molecule has 2 amide bonds. The molecule has 0 saturated carbocycles. The first kappa shape index (κ1) is 35.0. The molecule has 0 spiro atoms. The molecule has 18 nitrogen and oxygen atoms in total. The number of thiazole rings is 1. The second-order valence-electron chi connectivity index (χ2n) is 11.5. The number of hydrogen-bond acceptors (Lipinski definition) is 15. The van der Waals surface area contributed by atoms with Crippen LogP contribution in [-0.4, -0.2) is 95.5 Å². The normalized spacial score (nSPS) is 18.5. The molecule has 2 atom stereocenters. The molecule has 258 valence electrons. The summed E-state index contributed by atoms with van der Waals surface area (Å²) in [7, 11) is -3.36. The molecule has 2 aromatic heterocycles. The van der Waals surface area contributed by atoms with E-state index in [1.165, 1.54) is 13.8 Å². The number of nitrogens with one attached hydrogen (secondary N) is 3. The largest absolute Gasteiger partial charge is 0.724 e. The second kappa shape index (κ2) is 13.6.